The van der Waals surface area contributed by atoms with Crippen LogP contribution in [0.15, 0.2) is 72.8 Å². The number of hydrogen-bond donors (Lipinski definition) is 1. The first-order valence-electron chi connectivity index (χ1n) is 11.2. The summed E-state index contributed by atoms with van der Waals surface area (Å²) in [4.78, 5) is 23.9. The van der Waals surface area contributed by atoms with E-state index in [1.165, 1.54) is 49.6 Å². The van der Waals surface area contributed by atoms with E-state index in [9.17, 15) is 26.4 Å². The second-order valence-electron chi connectivity index (χ2n) is 8.26. The molecule has 0 aliphatic carbocycles. The highest BCUT2D eigenvalue weighted by Gasteiger charge is 2.32. The summed E-state index contributed by atoms with van der Waals surface area (Å²) in [6.45, 7) is 0.0696. The number of methoxy groups -OCH3 is 1. The van der Waals surface area contributed by atoms with Crippen LogP contribution in [0.4, 0.5) is 11.4 Å². The number of fused-ring (bicyclic) bond motifs is 1. The maximum Gasteiger partial charge on any atom is 0.412 e. The van der Waals surface area contributed by atoms with E-state index >= 15 is 0 Å². The van der Waals surface area contributed by atoms with E-state index < -0.39 is 32.3 Å². The van der Waals surface area contributed by atoms with E-state index in [0.29, 0.717) is 29.5 Å². The lowest BCUT2D eigenvalue weighted by Crippen LogP contribution is -2.38. The highest BCUT2D eigenvalue weighted by Crippen LogP contribution is 2.33. The van der Waals surface area contributed by atoms with Crippen LogP contribution in [-0.4, -0.2) is 42.4 Å². The number of nitrogens with one attached hydrogen (secondary N) is 1. The van der Waals surface area contributed by atoms with Gasteiger partial charge < -0.3 is 8.92 Å². The van der Waals surface area contributed by atoms with Crippen LogP contribution in [0.2, 0.25) is 0 Å². The highest BCUT2D eigenvalue weighted by atomic mass is 32.2. The Morgan fingerprint density at radius 3 is 2.24 bits per heavy atom. The van der Waals surface area contributed by atoms with Crippen molar-refractivity contribution in [1.29, 1.82) is 0 Å². The number of carbonyl (C=O) groups is 2. The molecule has 10 nitrogen and oxygen atoms in total. The summed E-state index contributed by atoms with van der Waals surface area (Å²) in [5.74, 6) is -1.92. The number of anilines is 2. The molecule has 0 fully saturated rings. The van der Waals surface area contributed by atoms with Crippen molar-refractivity contribution in [3.05, 3.63) is 95.1 Å². The lowest BCUT2D eigenvalue weighted by Gasteiger charge is -2.29. The molecule has 0 atom stereocenters. The Bertz CT molecular complexity index is 1520. The summed E-state index contributed by atoms with van der Waals surface area (Å²) < 4.78 is 64.5. The molecule has 3 aromatic carbocycles. The number of nitrogens with zero attached hydrogens (tertiary/aromatic N) is 1. The van der Waals surface area contributed by atoms with Crippen molar-refractivity contribution in [3.8, 4) is 0 Å². The number of sulfonamides is 1. The van der Waals surface area contributed by atoms with E-state index in [0.717, 1.165) is 4.31 Å². The highest BCUT2D eigenvalue weighted by molar-refractivity contribution is 7.92. The number of ether oxygens (including phenoxy) is 1. The molecule has 3 aromatic rings. The van der Waals surface area contributed by atoms with Crippen LogP contribution >= 0.6 is 0 Å². The molecule has 1 N–H and O–H groups in total. The molecular formula is C25H24N2O8S2. The topological polar surface area (TPSA) is 136 Å². The largest absolute Gasteiger partial charge is 0.465 e. The molecule has 4 rings (SSSR count). The molecule has 12 heteroatoms. The van der Waals surface area contributed by atoms with Crippen LogP contribution in [0.1, 0.15) is 38.3 Å². The molecule has 1 heterocycles. The zero-order chi connectivity index (χ0) is 26.6. The van der Waals surface area contributed by atoms with Gasteiger partial charge in [-0.15, -0.1) is 0 Å². The second kappa shape index (κ2) is 10.6. The average Bonchev–Trinajstić information content (AvgIpc) is 2.88. The Balaban J connectivity index is 1.52. The SMILES string of the molecule is COC(=O)c1ccc(CS(=O)(=O)Nc2ccc3c(c2)N(S(=O)(=O)OC(=O)c2ccccc2)CCC3)cc1. The normalized spacial score (nSPS) is 13.4. The quantitative estimate of drug-likeness (QED) is 0.427. The Morgan fingerprint density at radius 2 is 1.57 bits per heavy atom. The molecule has 1 aliphatic rings. The molecule has 0 spiro atoms. The standard InChI is InChI=1S/C25H24N2O8S2/c1-34-24(28)21-11-9-18(10-12-21)17-36(30,31)26-22-14-13-19-8-5-15-27(23(19)16-22)37(32,33)35-25(29)20-6-3-2-4-7-20/h2-4,6-7,9-14,16,26H,5,8,15,17H2,1H3. The molecule has 0 bridgehead atoms. The number of carbonyl (C=O) groups excluding carboxylic acids is 2. The smallest absolute Gasteiger partial charge is 0.412 e. The Kier molecular flexibility index (Phi) is 7.50. The van der Waals surface area contributed by atoms with Gasteiger partial charge in [0.15, 0.2) is 0 Å². The van der Waals surface area contributed by atoms with Crippen molar-refractivity contribution >= 4 is 43.6 Å². The van der Waals surface area contributed by atoms with Gasteiger partial charge in [-0.1, -0.05) is 36.4 Å². The fraction of sp³-hybridized carbons (Fsp3) is 0.200. The summed E-state index contributed by atoms with van der Waals surface area (Å²) in [6.07, 6.45) is 1.08. The van der Waals surface area contributed by atoms with E-state index in [2.05, 4.69) is 9.46 Å². The molecule has 0 radical (unpaired) electrons. The van der Waals surface area contributed by atoms with E-state index in [1.807, 2.05) is 0 Å². The zero-order valence-electron chi connectivity index (χ0n) is 19.8. The van der Waals surface area contributed by atoms with Gasteiger partial charge in [0, 0.05) is 6.54 Å². The van der Waals surface area contributed by atoms with Gasteiger partial charge in [-0.2, -0.15) is 8.42 Å². The molecule has 0 unspecified atom stereocenters. The van der Waals surface area contributed by atoms with Crippen LogP contribution in [0, 0.1) is 0 Å². The van der Waals surface area contributed by atoms with Crippen LogP contribution in [0.5, 0.6) is 0 Å². The predicted octanol–water partition coefficient (Wildman–Crippen LogP) is 3.27. The number of hydrogen-bond acceptors (Lipinski definition) is 8. The summed E-state index contributed by atoms with van der Waals surface area (Å²) >= 11 is 0. The van der Waals surface area contributed by atoms with Crippen molar-refractivity contribution in [2.45, 2.75) is 18.6 Å². The Hall–Kier alpha value is -3.90. The fourth-order valence-electron chi connectivity index (χ4n) is 3.89. The third-order valence-electron chi connectivity index (χ3n) is 5.63. The summed E-state index contributed by atoms with van der Waals surface area (Å²) in [5, 5.41) is 0. The number of aryl methyl sites for hydroxylation is 1. The zero-order valence-corrected chi connectivity index (χ0v) is 21.4. The van der Waals surface area contributed by atoms with Crippen LogP contribution < -0.4 is 9.03 Å². The number of rotatable bonds is 8. The van der Waals surface area contributed by atoms with Gasteiger partial charge in [-0.25, -0.2) is 22.3 Å². The fourth-order valence-corrected chi connectivity index (χ4v) is 6.22. The average molecular weight is 545 g/mol. The molecule has 0 amide bonds. The van der Waals surface area contributed by atoms with E-state index in [1.54, 1.807) is 30.3 Å². The maximum absolute atomic E-state index is 13.0. The minimum atomic E-state index is -4.50. The molecular weight excluding hydrogens is 520 g/mol. The van der Waals surface area contributed by atoms with Crippen molar-refractivity contribution in [2.24, 2.45) is 0 Å². The van der Waals surface area contributed by atoms with Crippen molar-refractivity contribution < 1.29 is 35.3 Å². The first-order valence-corrected chi connectivity index (χ1v) is 14.2. The first kappa shape index (κ1) is 26.2. The van der Waals surface area contributed by atoms with Crippen LogP contribution in [0.3, 0.4) is 0 Å². The maximum atomic E-state index is 13.0. The van der Waals surface area contributed by atoms with Gasteiger partial charge in [0.2, 0.25) is 10.0 Å². The van der Waals surface area contributed by atoms with Crippen LogP contribution in [0.25, 0.3) is 0 Å². The van der Waals surface area contributed by atoms with Gasteiger partial charge in [0.25, 0.3) is 0 Å². The molecule has 0 saturated heterocycles. The van der Waals surface area contributed by atoms with Crippen molar-refractivity contribution in [3.63, 3.8) is 0 Å². The summed E-state index contributed by atoms with van der Waals surface area (Å²) in [6, 6.07) is 18.3. The molecule has 37 heavy (non-hydrogen) atoms. The summed E-state index contributed by atoms with van der Waals surface area (Å²) in [7, 11) is -7.13. The third kappa shape index (κ3) is 6.27. The Labute approximate surface area is 215 Å². The van der Waals surface area contributed by atoms with Gasteiger partial charge in [0.1, 0.15) is 0 Å². The monoisotopic (exact) mass is 544 g/mol. The molecule has 0 aromatic heterocycles. The third-order valence-corrected chi connectivity index (χ3v) is 8.17. The summed E-state index contributed by atoms with van der Waals surface area (Å²) in [5.41, 5.74) is 1.88. The minimum absolute atomic E-state index is 0.0696. The number of esters is 1. The Morgan fingerprint density at radius 1 is 0.892 bits per heavy atom. The molecule has 1 aliphatic heterocycles. The van der Waals surface area contributed by atoms with Gasteiger partial charge in [-0.05, 0) is 60.4 Å². The van der Waals surface area contributed by atoms with Crippen molar-refractivity contribution in [1.82, 2.24) is 0 Å². The lowest BCUT2D eigenvalue weighted by molar-refractivity contribution is 0.0600. The van der Waals surface area contributed by atoms with E-state index in [-0.39, 0.29) is 29.2 Å². The predicted molar refractivity (Wildman–Crippen MR) is 137 cm³/mol. The van der Waals surface area contributed by atoms with E-state index in [4.69, 9.17) is 4.18 Å². The number of benzene rings is 3. The van der Waals surface area contributed by atoms with Crippen LogP contribution in [-0.2, 0) is 41.4 Å². The van der Waals surface area contributed by atoms with Crippen molar-refractivity contribution in [2.75, 3.05) is 22.7 Å². The molecule has 194 valence electrons. The van der Waals surface area contributed by atoms with Gasteiger partial charge in [-0.3, -0.25) is 4.72 Å². The van der Waals surface area contributed by atoms with Gasteiger partial charge >= 0.3 is 22.2 Å². The minimum Gasteiger partial charge on any atom is -0.465 e. The van der Waals surface area contributed by atoms with Gasteiger partial charge in [0.05, 0.1) is 35.4 Å². The lowest BCUT2D eigenvalue weighted by atomic mass is 10.0. The first-order chi connectivity index (χ1) is 17.6. The molecule has 0 saturated carbocycles. The second-order valence-corrected chi connectivity index (χ2v) is 11.4.